The summed E-state index contributed by atoms with van der Waals surface area (Å²) in [5, 5.41) is 2.80. The van der Waals surface area contributed by atoms with E-state index in [-0.39, 0.29) is 5.91 Å². The molecule has 1 rings (SSSR count). The van der Waals surface area contributed by atoms with Gasteiger partial charge in [0.05, 0.1) is 17.9 Å². The fourth-order valence-corrected chi connectivity index (χ4v) is 1.45. The normalized spacial score (nSPS) is 10.4. The Kier molecular flexibility index (Phi) is 4.79. The van der Waals surface area contributed by atoms with Crippen LogP contribution in [0.3, 0.4) is 0 Å². The van der Waals surface area contributed by atoms with Crippen LogP contribution in [0, 0.1) is 0 Å². The first-order valence-corrected chi connectivity index (χ1v) is 5.54. The number of para-hydroxylation sites is 2. The van der Waals surface area contributed by atoms with Gasteiger partial charge in [-0.05, 0) is 25.2 Å². The van der Waals surface area contributed by atoms with Crippen LogP contribution in [0.4, 0.5) is 11.4 Å². The highest BCUT2D eigenvalue weighted by molar-refractivity contribution is 5.95. The highest BCUT2D eigenvalue weighted by atomic mass is 16.2. The van der Waals surface area contributed by atoms with Crippen LogP contribution in [-0.2, 0) is 4.79 Å². The Labute approximate surface area is 96.4 Å². The minimum Gasteiger partial charge on any atom is -0.397 e. The summed E-state index contributed by atoms with van der Waals surface area (Å²) in [4.78, 5) is 13.7. The largest absolute Gasteiger partial charge is 0.397 e. The first-order valence-electron chi connectivity index (χ1n) is 5.54. The lowest BCUT2D eigenvalue weighted by Crippen LogP contribution is -2.33. The predicted octanol–water partition coefficient (Wildman–Crippen LogP) is 1.55. The first kappa shape index (κ1) is 12.5. The number of rotatable bonds is 5. The van der Waals surface area contributed by atoms with Crippen molar-refractivity contribution in [2.45, 2.75) is 13.8 Å². The van der Waals surface area contributed by atoms with Crippen LogP contribution < -0.4 is 11.1 Å². The van der Waals surface area contributed by atoms with Crippen LogP contribution in [0.5, 0.6) is 0 Å². The van der Waals surface area contributed by atoms with E-state index in [4.69, 9.17) is 5.73 Å². The maximum absolute atomic E-state index is 11.7. The topological polar surface area (TPSA) is 58.4 Å². The molecule has 4 nitrogen and oxygen atoms in total. The lowest BCUT2D eigenvalue weighted by atomic mass is 10.2. The Balaban J connectivity index is 2.55. The molecule has 0 unspecified atom stereocenters. The number of hydrogen-bond donors (Lipinski definition) is 2. The third kappa shape index (κ3) is 3.55. The number of carbonyl (C=O) groups excluding carboxylic acids is 1. The molecule has 0 saturated carbocycles. The summed E-state index contributed by atoms with van der Waals surface area (Å²) in [7, 11) is 0. The Morgan fingerprint density at radius 3 is 2.50 bits per heavy atom. The summed E-state index contributed by atoms with van der Waals surface area (Å²) in [6.07, 6.45) is 0. The lowest BCUT2D eigenvalue weighted by Gasteiger charge is -2.17. The van der Waals surface area contributed by atoms with Gasteiger partial charge in [-0.2, -0.15) is 0 Å². The fraction of sp³-hybridized carbons (Fsp3) is 0.417. The molecule has 0 spiro atoms. The summed E-state index contributed by atoms with van der Waals surface area (Å²) < 4.78 is 0. The van der Waals surface area contributed by atoms with E-state index in [1.54, 1.807) is 12.1 Å². The minimum atomic E-state index is -0.0263. The second-order valence-electron chi connectivity index (χ2n) is 3.60. The molecule has 0 aliphatic carbocycles. The van der Waals surface area contributed by atoms with Gasteiger partial charge in [0, 0.05) is 0 Å². The molecule has 1 aromatic rings. The number of nitrogens with one attached hydrogen (secondary N) is 1. The Bertz CT molecular complexity index is 348. The maximum atomic E-state index is 11.7. The smallest absolute Gasteiger partial charge is 0.238 e. The van der Waals surface area contributed by atoms with Gasteiger partial charge in [0.1, 0.15) is 0 Å². The van der Waals surface area contributed by atoms with Crippen LogP contribution in [0.15, 0.2) is 24.3 Å². The molecule has 0 bridgehead atoms. The molecule has 0 heterocycles. The number of nitrogens with two attached hydrogens (primary N) is 1. The molecule has 1 aromatic carbocycles. The second-order valence-corrected chi connectivity index (χ2v) is 3.60. The zero-order valence-electron chi connectivity index (χ0n) is 9.86. The Morgan fingerprint density at radius 2 is 1.94 bits per heavy atom. The van der Waals surface area contributed by atoms with Gasteiger partial charge < -0.3 is 11.1 Å². The van der Waals surface area contributed by atoms with Gasteiger partial charge in [-0.3, -0.25) is 9.69 Å². The number of amides is 1. The first-order chi connectivity index (χ1) is 7.67. The molecular weight excluding hydrogens is 202 g/mol. The number of hydrogen-bond acceptors (Lipinski definition) is 3. The van der Waals surface area contributed by atoms with Crippen LogP contribution in [0.2, 0.25) is 0 Å². The molecule has 3 N–H and O–H groups in total. The van der Waals surface area contributed by atoms with E-state index in [1.807, 2.05) is 26.0 Å². The van der Waals surface area contributed by atoms with Gasteiger partial charge in [0.25, 0.3) is 0 Å². The van der Waals surface area contributed by atoms with Crippen LogP contribution >= 0.6 is 0 Å². The van der Waals surface area contributed by atoms with Crippen LogP contribution in [-0.4, -0.2) is 30.4 Å². The van der Waals surface area contributed by atoms with Gasteiger partial charge in [-0.1, -0.05) is 26.0 Å². The third-order valence-electron chi connectivity index (χ3n) is 2.50. The van der Waals surface area contributed by atoms with Crippen molar-refractivity contribution in [2.75, 3.05) is 30.7 Å². The van der Waals surface area contributed by atoms with Crippen molar-refractivity contribution in [2.24, 2.45) is 0 Å². The Hall–Kier alpha value is -1.55. The number of nitrogen functional groups attached to an aromatic ring is 1. The van der Waals surface area contributed by atoms with Gasteiger partial charge in [-0.15, -0.1) is 0 Å². The highest BCUT2D eigenvalue weighted by Gasteiger charge is 2.08. The molecular formula is C12H19N3O. The van der Waals surface area contributed by atoms with Crippen molar-refractivity contribution >= 4 is 17.3 Å². The summed E-state index contributed by atoms with van der Waals surface area (Å²) in [6, 6.07) is 7.27. The fourth-order valence-electron chi connectivity index (χ4n) is 1.45. The van der Waals surface area contributed by atoms with E-state index in [2.05, 4.69) is 10.2 Å². The minimum absolute atomic E-state index is 0.0263. The summed E-state index contributed by atoms with van der Waals surface area (Å²) >= 11 is 0. The van der Waals surface area contributed by atoms with Crippen molar-refractivity contribution in [3.63, 3.8) is 0 Å². The van der Waals surface area contributed by atoms with Crippen molar-refractivity contribution in [1.29, 1.82) is 0 Å². The maximum Gasteiger partial charge on any atom is 0.238 e. The lowest BCUT2D eigenvalue weighted by molar-refractivity contribution is -0.117. The van der Waals surface area contributed by atoms with E-state index in [9.17, 15) is 4.79 Å². The predicted molar refractivity (Wildman–Crippen MR) is 67.3 cm³/mol. The molecule has 16 heavy (non-hydrogen) atoms. The van der Waals surface area contributed by atoms with E-state index >= 15 is 0 Å². The monoisotopic (exact) mass is 221 g/mol. The van der Waals surface area contributed by atoms with Crippen molar-refractivity contribution in [3.8, 4) is 0 Å². The van der Waals surface area contributed by atoms with Crippen molar-refractivity contribution < 1.29 is 4.79 Å². The van der Waals surface area contributed by atoms with E-state index in [1.165, 1.54) is 0 Å². The van der Waals surface area contributed by atoms with Gasteiger partial charge in [0.2, 0.25) is 5.91 Å². The zero-order chi connectivity index (χ0) is 12.0. The molecule has 0 atom stereocenters. The molecule has 0 fully saturated rings. The SMILES string of the molecule is CCN(CC)CC(=O)Nc1ccccc1N. The molecule has 0 aliphatic rings. The second kappa shape index (κ2) is 6.12. The molecule has 0 aliphatic heterocycles. The summed E-state index contributed by atoms with van der Waals surface area (Å²) in [5.74, 6) is -0.0263. The van der Waals surface area contributed by atoms with E-state index in [0.29, 0.717) is 17.9 Å². The van der Waals surface area contributed by atoms with Gasteiger partial charge in [-0.25, -0.2) is 0 Å². The van der Waals surface area contributed by atoms with Crippen LogP contribution in [0.25, 0.3) is 0 Å². The summed E-state index contributed by atoms with van der Waals surface area (Å²) in [6.45, 7) is 6.21. The number of carbonyl (C=O) groups is 1. The number of nitrogens with zero attached hydrogens (tertiary/aromatic N) is 1. The summed E-state index contributed by atoms with van der Waals surface area (Å²) in [5.41, 5.74) is 7.01. The molecule has 4 heteroatoms. The average Bonchev–Trinajstić information content (AvgIpc) is 2.29. The standard InChI is InChI=1S/C12H19N3O/c1-3-15(4-2)9-12(16)14-11-8-6-5-7-10(11)13/h5-8H,3-4,9,13H2,1-2H3,(H,14,16). The zero-order valence-corrected chi connectivity index (χ0v) is 9.86. The van der Waals surface area contributed by atoms with Gasteiger partial charge >= 0.3 is 0 Å². The number of likely N-dealkylation sites (N-methyl/N-ethyl adjacent to an activating group) is 1. The quantitative estimate of drug-likeness (QED) is 0.742. The van der Waals surface area contributed by atoms with Crippen molar-refractivity contribution in [3.05, 3.63) is 24.3 Å². The molecule has 0 radical (unpaired) electrons. The van der Waals surface area contributed by atoms with Crippen molar-refractivity contribution in [1.82, 2.24) is 4.90 Å². The number of anilines is 2. The third-order valence-corrected chi connectivity index (χ3v) is 2.50. The van der Waals surface area contributed by atoms with E-state index in [0.717, 1.165) is 13.1 Å². The van der Waals surface area contributed by atoms with Gasteiger partial charge in [0.15, 0.2) is 0 Å². The van der Waals surface area contributed by atoms with Crippen LogP contribution in [0.1, 0.15) is 13.8 Å². The van der Waals surface area contributed by atoms with E-state index < -0.39 is 0 Å². The molecule has 0 saturated heterocycles. The highest BCUT2D eigenvalue weighted by Crippen LogP contribution is 2.16. The molecule has 1 amide bonds. The Morgan fingerprint density at radius 1 is 1.31 bits per heavy atom. The number of benzene rings is 1. The molecule has 0 aromatic heterocycles. The average molecular weight is 221 g/mol. The molecule has 88 valence electrons.